The summed E-state index contributed by atoms with van der Waals surface area (Å²) in [5.74, 6) is 0.308. The summed E-state index contributed by atoms with van der Waals surface area (Å²) in [5.41, 5.74) is 1.79. The van der Waals surface area contributed by atoms with Crippen LogP contribution in [0.5, 0.6) is 5.75 Å². The molecule has 0 radical (unpaired) electrons. The summed E-state index contributed by atoms with van der Waals surface area (Å²) < 4.78 is 10.6. The third kappa shape index (κ3) is 3.75. The Morgan fingerprint density at radius 2 is 1.55 bits per heavy atom. The lowest BCUT2D eigenvalue weighted by molar-refractivity contribution is 0.0920. The molecule has 0 bridgehead atoms. The molecular formula is C24H19NO4. The minimum Gasteiger partial charge on any atom is -0.497 e. The van der Waals surface area contributed by atoms with Gasteiger partial charge in [-0.1, -0.05) is 60.7 Å². The van der Waals surface area contributed by atoms with Gasteiger partial charge in [-0.15, -0.1) is 0 Å². The molecule has 0 aliphatic rings. The van der Waals surface area contributed by atoms with Crippen LogP contribution < -0.4 is 15.7 Å². The zero-order valence-electron chi connectivity index (χ0n) is 15.8. The van der Waals surface area contributed by atoms with E-state index in [1.165, 1.54) is 0 Å². The van der Waals surface area contributed by atoms with Gasteiger partial charge < -0.3 is 14.5 Å². The predicted octanol–water partition coefficient (Wildman–Crippen LogP) is 4.40. The van der Waals surface area contributed by atoms with Crippen LogP contribution in [0.25, 0.3) is 21.9 Å². The van der Waals surface area contributed by atoms with Crippen molar-refractivity contribution in [3.63, 3.8) is 0 Å². The smallest absolute Gasteiger partial charge is 0.344 e. The van der Waals surface area contributed by atoms with E-state index in [9.17, 15) is 9.59 Å². The van der Waals surface area contributed by atoms with E-state index in [0.717, 1.165) is 16.9 Å². The number of carbonyl (C=O) groups is 1. The van der Waals surface area contributed by atoms with Gasteiger partial charge in [0.15, 0.2) is 0 Å². The molecule has 0 aliphatic heterocycles. The van der Waals surface area contributed by atoms with Crippen LogP contribution >= 0.6 is 0 Å². The maximum Gasteiger partial charge on any atom is 0.344 e. The fraction of sp³-hybridized carbons (Fsp3) is 0.0833. The molecule has 0 saturated heterocycles. The number of hydrogen-bond acceptors (Lipinski definition) is 4. The first-order valence-electron chi connectivity index (χ1n) is 9.20. The van der Waals surface area contributed by atoms with Crippen LogP contribution in [0.3, 0.4) is 0 Å². The Morgan fingerprint density at radius 3 is 2.24 bits per heavy atom. The highest BCUT2D eigenvalue weighted by atomic mass is 16.5. The molecule has 0 saturated carbocycles. The Balaban J connectivity index is 1.74. The molecule has 144 valence electrons. The van der Waals surface area contributed by atoms with Crippen LogP contribution in [0.1, 0.15) is 16.1 Å². The zero-order chi connectivity index (χ0) is 20.2. The Morgan fingerprint density at radius 1 is 0.897 bits per heavy atom. The topological polar surface area (TPSA) is 68.5 Å². The van der Waals surface area contributed by atoms with Crippen molar-refractivity contribution in [2.75, 3.05) is 7.11 Å². The molecule has 1 aromatic heterocycles. The molecule has 3 aromatic carbocycles. The molecule has 4 aromatic rings. The van der Waals surface area contributed by atoms with Gasteiger partial charge in [-0.2, -0.15) is 0 Å². The largest absolute Gasteiger partial charge is 0.497 e. The third-order valence-electron chi connectivity index (χ3n) is 4.72. The minimum absolute atomic E-state index is 0.00779. The van der Waals surface area contributed by atoms with E-state index in [4.69, 9.17) is 9.15 Å². The van der Waals surface area contributed by atoms with Crippen molar-refractivity contribution in [3.8, 4) is 16.9 Å². The Hall–Kier alpha value is -3.86. The highest BCUT2D eigenvalue weighted by Crippen LogP contribution is 2.30. The Kier molecular flexibility index (Phi) is 5.12. The fourth-order valence-corrected chi connectivity index (χ4v) is 3.26. The van der Waals surface area contributed by atoms with Crippen LogP contribution in [0.15, 0.2) is 88.1 Å². The number of benzene rings is 3. The molecule has 0 atom stereocenters. The van der Waals surface area contributed by atoms with Crippen molar-refractivity contribution in [2.45, 2.75) is 6.54 Å². The van der Waals surface area contributed by atoms with Crippen molar-refractivity contribution in [1.82, 2.24) is 5.32 Å². The van der Waals surface area contributed by atoms with Crippen LogP contribution in [0.4, 0.5) is 0 Å². The second-order valence-corrected chi connectivity index (χ2v) is 6.54. The molecule has 0 unspecified atom stereocenters. The number of rotatable bonds is 5. The van der Waals surface area contributed by atoms with Gasteiger partial charge >= 0.3 is 5.63 Å². The van der Waals surface area contributed by atoms with E-state index in [0.29, 0.717) is 22.9 Å². The summed E-state index contributed by atoms with van der Waals surface area (Å²) in [4.78, 5) is 25.4. The first kappa shape index (κ1) is 18.5. The Labute approximate surface area is 167 Å². The van der Waals surface area contributed by atoms with Crippen LogP contribution in [0, 0.1) is 0 Å². The van der Waals surface area contributed by atoms with Crippen molar-refractivity contribution in [1.29, 1.82) is 0 Å². The summed E-state index contributed by atoms with van der Waals surface area (Å²) in [6.45, 7) is 0.299. The molecule has 29 heavy (non-hydrogen) atoms. The molecule has 1 N–H and O–H groups in total. The molecule has 0 fully saturated rings. The van der Waals surface area contributed by atoms with Crippen molar-refractivity contribution >= 4 is 16.7 Å². The average Bonchev–Trinajstić information content (AvgIpc) is 2.78. The second kappa shape index (κ2) is 8.02. The van der Waals surface area contributed by atoms with Crippen molar-refractivity contribution < 1.29 is 13.9 Å². The van der Waals surface area contributed by atoms with Gasteiger partial charge in [0.05, 0.1) is 12.5 Å². The minimum atomic E-state index is -0.533. The number of amides is 1. The van der Waals surface area contributed by atoms with Gasteiger partial charge in [0.2, 0.25) is 5.76 Å². The van der Waals surface area contributed by atoms with Gasteiger partial charge in [-0.05, 0) is 29.3 Å². The summed E-state index contributed by atoms with van der Waals surface area (Å²) in [6, 6.07) is 24.0. The lowest BCUT2D eigenvalue weighted by Gasteiger charge is -2.12. The van der Waals surface area contributed by atoms with E-state index < -0.39 is 11.5 Å². The standard InChI is InChI=1S/C24H19NO4/c1-28-18-13-11-16(12-14-18)15-25-23(26)22-21(17-7-3-2-4-8-17)19-9-5-6-10-20(19)24(27)29-22/h2-14H,15H2,1H3,(H,25,26). The van der Waals surface area contributed by atoms with Gasteiger partial charge in [0.1, 0.15) is 5.75 Å². The van der Waals surface area contributed by atoms with Gasteiger partial charge in [0, 0.05) is 17.5 Å². The monoisotopic (exact) mass is 385 g/mol. The lowest BCUT2D eigenvalue weighted by atomic mass is 9.98. The number of hydrogen-bond donors (Lipinski definition) is 1. The molecule has 1 amide bonds. The van der Waals surface area contributed by atoms with Gasteiger partial charge in [-0.3, -0.25) is 4.79 Å². The Bertz CT molecular complexity index is 1210. The van der Waals surface area contributed by atoms with Crippen molar-refractivity contribution in [3.05, 3.63) is 101 Å². The molecule has 0 aliphatic carbocycles. The predicted molar refractivity (Wildman–Crippen MR) is 112 cm³/mol. The number of methoxy groups -OCH3 is 1. The number of nitrogens with one attached hydrogen (secondary N) is 1. The first-order valence-corrected chi connectivity index (χ1v) is 9.20. The molecular weight excluding hydrogens is 366 g/mol. The second-order valence-electron chi connectivity index (χ2n) is 6.54. The summed E-state index contributed by atoms with van der Waals surface area (Å²) in [6.07, 6.45) is 0. The van der Waals surface area contributed by atoms with E-state index in [2.05, 4.69) is 5.32 Å². The van der Waals surface area contributed by atoms with Crippen molar-refractivity contribution in [2.24, 2.45) is 0 Å². The van der Waals surface area contributed by atoms with E-state index in [1.807, 2.05) is 66.7 Å². The molecule has 5 nitrogen and oxygen atoms in total. The third-order valence-corrected chi connectivity index (χ3v) is 4.72. The zero-order valence-corrected chi connectivity index (χ0v) is 15.8. The van der Waals surface area contributed by atoms with Gasteiger partial charge in [-0.25, -0.2) is 4.79 Å². The molecule has 1 heterocycles. The average molecular weight is 385 g/mol. The maximum atomic E-state index is 13.0. The first-order chi connectivity index (χ1) is 14.2. The SMILES string of the molecule is COc1ccc(CNC(=O)c2oc(=O)c3ccccc3c2-c2ccccc2)cc1. The summed E-state index contributed by atoms with van der Waals surface area (Å²) in [7, 11) is 1.60. The van der Waals surface area contributed by atoms with E-state index >= 15 is 0 Å². The van der Waals surface area contributed by atoms with E-state index in [-0.39, 0.29) is 5.76 Å². The normalized spacial score (nSPS) is 10.7. The number of carbonyl (C=O) groups excluding carboxylic acids is 1. The highest BCUT2D eigenvalue weighted by molar-refractivity contribution is 6.07. The van der Waals surface area contributed by atoms with Gasteiger partial charge in [0.25, 0.3) is 5.91 Å². The summed E-state index contributed by atoms with van der Waals surface area (Å²) >= 11 is 0. The molecule has 5 heteroatoms. The van der Waals surface area contributed by atoms with Crippen LogP contribution in [0.2, 0.25) is 0 Å². The highest BCUT2D eigenvalue weighted by Gasteiger charge is 2.21. The molecule has 4 rings (SSSR count). The fourth-order valence-electron chi connectivity index (χ4n) is 3.26. The number of fused-ring (bicyclic) bond motifs is 1. The number of ether oxygens (including phenoxy) is 1. The lowest BCUT2D eigenvalue weighted by Crippen LogP contribution is -2.25. The summed E-state index contributed by atoms with van der Waals surface area (Å²) in [5, 5.41) is 3.97. The van der Waals surface area contributed by atoms with Crippen LogP contribution in [-0.4, -0.2) is 13.0 Å². The quantitative estimate of drug-likeness (QED) is 0.553. The molecule has 0 spiro atoms. The van der Waals surface area contributed by atoms with Crippen LogP contribution in [-0.2, 0) is 6.54 Å². The van der Waals surface area contributed by atoms with E-state index in [1.54, 1.807) is 19.2 Å². The maximum absolute atomic E-state index is 13.0.